The minimum atomic E-state index is -0.805. The molecule has 2 aliphatic rings. The third-order valence-corrected chi connectivity index (χ3v) is 5.44. The van der Waals surface area contributed by atoms with E-state index >= 15 is 0 Å². The lowest BCUT2D eigenvalue weighted by atomic mass is 10.0. The van der Waals surface area contributed by atoms with Gasteiger partial charge in [-0.15, -0.1) is 0 Å². The highest BCUT2D eigenvalue weighted by Crippen LogP contribution is 2.17. The maximum absolute atomic E-state index is 12.6. The normalized spacial score (nSPS) is 22.4. The van der Waals surface area contributed by atoms with Crippen LogP contribution in [0.4, 0.5) is 0 Å². The molecule has 2 heterocycles. The van der Waals surface area contributed by atoms with Crippen LogP contribution in [0.25, 0.3) is 0 Å². The fourth-order valence-electron chi connectivity index (χ4n) is 3.76. The van der Waals surface area contributed by atoms with Crippen LogP contribution in [0, 0.1) is 0 Å². The molecule has 0 radical (unpaired) electrons. The van der Waals surface area contributed by atoms with E-state index in [2.05, 4.69) is 22.2 Å². The van der Waals surface area contributed by atoms with E-state index in [9.17, 15) is 9.59 Å². The van der Waals surface area contributed by atoms with Crippen molar-refractivity contribution < 1.29 is 15.7 Å². The summed E-state index contributed by atoms with van der Waals surface area (Å²) in [7, 11) is 2.17. The second-order valence-corrected chi connectivity index (χ2v) is 8.47. The van der Waals surface area contributed by atoms with E-state index in [0.717, 1.165) is 39.3 Å². The quantitative estimate of drug-likeness (QED) is 0.689. The maximum atomic E-state index is 12.6. The number of carbonyl (C=O) groups is 2. The molecular formula is C20H38N4O3. The highest BCUT2D eigenvalue weighted by Gasteiger charge is 2.29. The van der Waals surface area contributed by atoms with E-state index in [1.54, 1.807) is 13.8 Å². The van der Waals surface area contributed by atoms with Gasteiger partial charge in [0.15, 0.2) is 0 Å². The summed E-state index contributed by atoms with van der Waals surface area (Å²) in [6.07, 6.45) is 2.96. The third-order valence-electron chi connectivity index (χ3n) is 5.44. The number of nitrogens with zero attached hydrogens (tertiary/aromatic N) is 3. The smallest absolute Gasteiger partial charge is 0.323 e. The highest BCUT2D eigenvalue weighted by atomic mass is 16.6. The van der Waals surface area contributed by atoms with Gasteiger partial charge in [0.25, 0.3) is 0 Å². The molecule has 0 saturated carbocycles. The van der Waals surface area contributed by atoms with Crippen molar-refractivity contribution in [2.75, 3.05) is 52.9 Å². The first kappa shape index (κ1) is 20.6. The van der Waals surface area contributed by atoms with Gasteiger partial charge in [0.2, 0.25) is 5.91 Å². The summed E-state index contributed by atoms with van der Waals surface area (Å²) in [5, 5.41) is 3.05. The summed E-state index contributed by atoms with van der Waals surface area (Å²) in [6.45, 7) is 11.1. The maximum Gasteiger partial charge on any atom is 0.323 e. The third kappa shape index (κ3) is 7.05. The number of carbonyl (C=O) groups excluding carboxylic acids is 2. The van der Waals surface area contributed by atoms with Crippen molar-refractivity contribution in [3.8, 4) is 0 Å². The van der Waals surface area contributed by atoms with E-state index in [0.29, 0.717) is 12.5 Å². The fraction of sp³-hybridized carbons (Fsp3) is 0.900. The van der Waals surface area contributed by atoms with Crippen molar-refractivity contribution in [1.29, 1.82) is 0 Å². The molecule has 0 aromatic carbocycles. The molecule has 1 amide bonds. The fourth-order valence-corrected chi connectivity index (χ4v) is 3.76. The lowest BCUT2D eigenvalue weighted by Crippen LogP contribution is -2.55. The van der Waals surface area contributed by atoms with Gasteiger partial charge in [-0.25, -0.2) is 0 Å². The van der Waals surface area contributed by atoms with Crippen LogP contribution in [0.2, 0.25) is 0 Å². The lowest BCUT2D eigenvalue weighted by molar-refractivity contribution is -0.157. The second-order valence-electron chi connectivity index (χ2n) is 8.47. The Bertz CT molecular complexity index is 516. The van der Waals surface area contributed by atoms with Crippen LogP contribution >= 0.6 is 0 Å². The minimum absolute atomic E-state index is 0.00959. The number of piperazine rings is 1. The summed E-state index contributed by atoms with van der Waals surface area (Å²) in [5.74, 6) is -0.353. The van der Waals surface area contributed by atoms with Crippen molar-refractivity contribution in [3.63, 3.8) is 0 Å². The molecule has 27 heavy (non-hydrogen) atoms. The number of ether oxygens (including phenoxy) is 1. The molecular weight excluding hydrogens is 344 g/mol. The monoisotopic (exact) mass is 383 g/mol. The van der Waals surface area contributed by atoms with Crippen LogP contribution in [0.1, 0.15) is 48.3 Å². The molecule has 156 valence electrons. The Kier molecular flexibility index (Phi) is 7.49. The Morgan fingerprint density at radius 1 is 1.19 bits per heavy atom. The molecule has 0 aliphatic carbocycles. The first-order valence-corrected chi connectivity index (χ1v) is 10.2. The number of rotatable bonds is 6. The molecule has 0 aromatic heterocycles. The standard InChI is InChI=1S/C20H38N4O3/c1-6-17(19(26)27-20(2,3)4)21-15-18(25)24-13-11-23(12-14-24)16-7-9-22(5)10-8-16/h16-17,21H,6-15H2,1-5H3/i2D. The summed E-state index contributed by atoms with van der Waals surface area (Å²) >= 11 is 0. The summed E-state index contributed by atoms with van der Waals surface area (Å²) in [4.78, 5) is 31.6. The van der Waals surface area contributed by atoms with Gasteiger partial charge in [0.05, 0.1) is 6.54 Å². The van der Waals surface area contributed by atoms with Crippen molar-refractivity contribution >= 4 is 11.9 Å². The second kappa shape index (κ2) is 9.85. The molecule has 0 spiro atoms. The van der Waals surface area contributed by atoms with Crippen molar-refractivity contribution in [2.45, 2.75) is 64.6 Å². The van der Waals surface area contributed by atoms with Crippen LogP contribution in [0.3, 0.4) is 0 Å². The zero-order chi connectivity index (χ0) is 20.7. The Morgan fingerprint density at radius 3 is 2.37 bits per heavy atom. The topological polar surface area (TPSA) is 65.1 Å². The van der Waals surface area contributed by atoms with E-state index in [4.69, 9.17) is 6.11 Å². The van der Waals surface area contributed by atoms with Gasteiger partial charge in [-0.3, -0.25) is 19.8 Å². The van der Waals surface area contributed by atoms with E-state index < -0.39 is 11.6 Å². The summed E-state index contributed by atoms with van der Waals surface area (Å²) in [6, 6.07) is 0.126. The number of hydrogen-bond acceptors (Lipinski definition) is 6. The van der Waals surface area contributed by atoms with Crippen molar-refractivity contribution in [1.82, 2.24) is 20.0 Å². The Morgan fingerprint density at radius 2 is 1.81 bits per heavy atom. The zero-order valence-electron chi connectivity index (χ0n) is 18.5. The number of esters is 1. The van der Waals surface area contributed by atoms with E-state index in [1.807, 2.05) is 11.8 Å². The average molecular weight is 384 g/mol. The number of hydrogen-bond donors (Lipinski definition) is 1. The average Bonchev–Trinajstić information content (AvgIpc) is 2.68. The molecule has 1 N–H and O–H groups in total. The summed E-state index contributed by atoms with van der Waals surface area (Å²) in [5.41, 5.74) is -0.805. The van der Waals surface area contributed by atoms with Crippen LogP contribution in [-0.4, -0.2) is 97.1 Å². The Labute approximate surface area is 165 Å². The number of likely N-dealkylation sites (tertiary alicyclic amines) is 1. The molecule has 2 saturated heterocycles. The van der Waals surface area contributed by atoms with Crippen molar-refractivity contribution in [3.05, 3.63) is 0 Å². The SMILES string of the molecule is [2H]CC(C)(C)OC(=O)C(CC)NCC(=O)N1CCN(C2CCN(C)CC2)CC1. The van der Waals surface area contributed by atoms with Gasteiger partial charge in [0, 0.05) is 33.6 Å². The minimum Gasteiger partial charge on any atom is -0.459 e. The van der Waals surface area contributed by atoms with E-state index in [-0.39, 0.29) is 25.3 Å². The number of piperidine rings is 1. The van der Waals surface area contributed by atoms with Gasteiger partial charge in [-0.2, -0.15) is 0 Å². The van der Waals surface area contributed by atoms with E-state index in [1.165, 1.54) is 12.8 Å². The molecule has 0 bridgehead atoms. The number of amides is 1. The van der Waals surface area contributed by atoms with Crippen LogP contribution in [0.15, 0.2) is 0 Å². The molecule has 7 heteroatoms. The Hall–Kier alpha value is -1.18. The predicted molar refractivity (Wildman–Crippen MR) is 107 cm³/mol. The first-order chi connectivity index (χ1) is 13.3. The summed E-state index contributed by atoms with van der Waals surface area (Å²) < 4.78 is 12.8. The van der Waals surface area contributed by atoms with Crippen LogP contribution < -0.4 is 5.32 Å². The molecule has 2 rings (SSSR count). The van der Waals surface area contributed by atoms with Gasteiger partial charge < -0.3 is 14.5 Å². The predicted octanol–water partition coefficient (Wildman–Crippen LogP) is 0.935. The molecule has 2 aliphatic heterocycles. The van der Waals surface area contributed by atoms with Gasteiger partial charge in [0.1, 0.15) is 11.6 Å². The van der Waals surface area contributed by atoms with Crippen LogP contribution in [0.5, 0.6) is 0 Å². The van der Waals surface area contributed by atoms with Gasteiger partial charge in [-0.1, -0.05) is 6.92 Å². The highest BCUT2D eigenvalue weighted by molar-refractivity contribution is 5.80. The molecule has 1 atom stereocenters. The molecule has 2 fully saturated rings. The molecule has 0 aromatic rings. The van der Waals surface area contributed by atoms with Crippen molar-refractivity contribution in [2.24, 2.45) is 0 Å². The molecule has 7 nitrogen and oxygen atoms in total. The zero-order valence-corrected chi connectivity index (χ0v) is 17.5. The van der Waals surface area contributed by atoms with Gasteiger partial charge >= 0.3 is 5.97 Å². The van der Waals surface area contributed by atoms with Gasteiger partial charge in [-0.05, 0) is 60.1 Å². The largest absolute Gasteiger partial charge is 0.459 e. The first-order valence-electron chi connectivity index (χ1n) is 10.9. The lowest BCUT2D eigenvalue weighted by Gasteiger charge is -2.42. The number of nitrogens with one attached hydrogen (secondary N) is 1. The van der Waals surface area contributed by atoms with Crippen LogP contribution in [-0.2, 0) is 14.3 Å². The Balaban J connectivity index is 1.73. The molecule has 1 unspecified atom stereocenters.